The highest BCUT2D eigenvalue weighted by molar-refractivity contribution is 5.73. The van der Waals surface area contributed by atoms with E-state index >= 15 is 0 Å². The zero-order valence-electron chi connectivity index (χ0n) is 13.7. The summed E-state index contributed by atoms with van der Waals surface area (Å²) < 4.78 is 34.7. The summed E-state index contributed by atoms with van der Waals surface area (Å²) in [5, 5.41) is 2.26. The molecule has 0 aliphatic carbocycles. The molecule has 0 spiro atoms. The molecule has 5 unspecified atom stereocenters. The van der Waals surface area contributed by atoms with Crippen LogP contribution in [-0.2, 0) is 38.1 Å². The minimum absolute atomic E-state index is 0.418. The van der Waals surface area contributed by atoms with E-state index in [-0.39, 0.29) is 0 Å². The van der Waals surface area contributed by atoms with E-state index in [1.54, 1.807) is 0 Å². The monoisotopic (exact) mass is 349 g/mol. The Hall–Kier alpha value is -2.23. The minimum atomic E-state index is -1.95. The van der Waals surface area contributed by atoms with Crippen molar-refractivity contribution < 1.29 is 42.5 Å². The summed E-state index contributed by atoms with van der Waals surface area (Å²) in [7, 11) is 0. The lowest BCUT2D eigenvalue weighted by atomic mass is 9.97. The highest BCUT2D eigenvalue weighted by atomic mass is 19.1. The van der Waals surface area contributed by atoms with Crippen LogP contribution in [0.25, 0.3) is 0 Å². The van der Waals surface area contributed by atoms with E-state index in [0.29, 0.717) is 0 Å². The Morgan fingerprint density at radius 1 is 1.00 bits per heavy atom. The quantitative estimate of drug-likeness (QED) is 0.527. The second-order valence-corrected chi connectivity index (χ2v) is 5.20. The average Bonchev–Trinajstić information content (AvgIpc) is 2.42. The summed E-state index contributed by atoms with van der Waals surface area (Å²) in [6.07, 6.45) is -6.07. The maximum Gasteiger partial charge on any atom is 0.305 e. The van der Waals surface area contributed by atoms with Gasteiger partial charge in [-0.1, -0.05) is 0 Å². The summed E-state index contributed by atoms with van der Waals surface area (Å²) >= 11 is 0. The maximum atomic E-state index is 14.8. The van der Waals surface area contributed by atoms with Gasteiger partial charge in [0.05, 0.1) is 0 Å². The van der Waals surface area contributed by atoms with Crippen LogP contribution >= 0.6 is 0 Å². The first kappa shape index (κ1) is 19.8. The van der Waals surface area contributed by atoms with Crippen LogP contribution in [0.1, 0.15) is 27.7 Å². The molecule has 5 atom stereocenters. The normalized spacial score (nSPS) is 29.3. The Labute approximate surface area is 137 Å². The molecule has 136 valence electrons. The predicted molar refractivity (Wildman–Crippen MR) is 75.1 cm³/mol. The molecule has 1 aliphatic rings. The number of hydrogen-bond donors (Lipinski definition) is 1. The lowest BCUT2D eigenvalue weighted by molar-refractivity contribution is -0.259. The molecule has 1 saturated heterocycles. The van der Waals surface area contributed by atoms with Crippen molar-refractivity contribution in [3.8, 4) is 0 Å². The Morgan fingerprint density at radius 2 is 1.58 bits per heavy atom. The molecule has 1 heterocycles. The molecule has 1 fully saturated rings. The minimum Gasteiger partial charge on any atom is -0.463 e. The second-order valence-electron chi connectivity index (χ2n) is 5.20. The van der Waals surface area contributed by atoms with Crippen LogP contribution < -0.4 is 5.32 Å². The van der Waals surface area contributed by atoms with E-state index in [0.717, 1.165) is 27.7 Å². The third-order valence-electron chi connectivity index (χ3n) is 3.03. The van der Waals surface area contributed by atoms with Gasteiger partial charge in [0, 0.05) is 27.7 Å². The Balaban J connectivity index is 3.04. The summed E-state index contributed by atoms with van der Waals surface area (Å²) in [5.41, 5.74) is 0. The molecule has 0 aromatic heterocycles. The molecule has 24 heavy (non-hydrogen) atoms. The number of halogens is 1. The SMILES string of the molecule is CC(=O)NC1C(OC(C)=O)OC(COC(C)=O)C(OC(C)=O)C1F. The van der Waals surface area contributed by atoms with Crippen molar-refractivity contribution in [3.05, 3.63) is 0 Å². The van der Waals surface area contributed by atoms with Gasteiger partial charge in [0.15, 0.2) is 12.3 Å². The zero-order chi connectivity index (χ0) is 18.4. The van der Waals surface area contributed by atoms with Gasteiger partial charge in [-0.3, -0.25) is 19.2 Å². The van der Waals surface area contributed by atoms with Gasteiger partial charge >= 0.3 is 17.9 Å². The Bertz CT molecular complexity index is 509. The third kappa shape index (κ3) is 5.76. The zero-order valence-corrected chi connectivity index (χ0v) is 13.7. The molecule has 0 saturated carbocycles. The first-order valence-corrected chi connectivity index (χ1v) is 7.16. The van der Waals surface area contributed by atoms with E-state index < -0.39 is 61.1 Å². The largest absolute Gasteiger partial charge is 0.463 e. The van der Waals surface area contributed by atoms with E-state index in [2.05, 4.69) is 5.32 Å². The first-order chi connectivity index (χ1) is 11.1. The van der Waals surface area contributed by atoms with Gasteiger partial charge < -0.3 is 24.3 Å². The van der Waals surface area contributed by atoms with Gasteiger partial charge in [0.25, 0.3) is 0 Å². The number of rotatable bonds is 5. The van der Waals surface area contributed by atoms with Gasteiger partial charge in [0.1, 0.15) is 18.8 Å². The van der Waals surface area contributed by atoms with Crippen molar-refractivity contribution in [1.82, 2.24) is 5.32 Å². The standard InChI is InChI=1S/C14H20FNO8/c1-6(17)16-12-11(15)13(22-8(3)19)10(5-21-7(2)18)24-14(12)23-9(4)20/h10-14H,5H2,1-4H3,(H,16,17). The fourth-order valence-corrected chi connectivity index (χ4v) is 2.21. The molecule has 0 aromatic rings. The van der Waals surface area contributed by atoms with Crippen LogP contribution in [0.2, 0.25) is 0 Å². The van der Waals surface area contributed by atoms with Crippen LogP contribution in [0, 0.1) is 0 Å². The Morgan fingerprint density at radius 3 is 2.04 bits per heavy atom. The summed E-state index contributed by atoms with van der Waals surface area (Å²) in [5.74, 6) is -2.79. The maximum absolute atomic E-state index is 14.8. The fourth-order valence-electron chi connectivity index (χ4n) is 2.21. The van der Waals surface area contributed by atoms with Crippen LogP contribution in [0.15, 0.2) is 0 Å². The van der Waals surface area contributed by atoms with Gasteiger partial charge in [-0.25, -0.2) is 4.39 Å². The predicted octanol–water partition coefficient (Wildman–Crippen LogP) is -0.388. The van der Waals surface area contributed by atoms with E-state index in [9.17, 15) is 23.6 Å². The summed E-state index contributed by atoms with van der Waals surface area (Å²) in [6.45, 7) is 4.02. The molecule has 1 amide bonds. The van der Waals surface area contributed by atoms with E-state index in [1.807, 2.05) is 0 Å². The molecule has 1 N–H and O–H groups in total. The molecule has 0 bridgehead atoms. The molecule has 0 aromatic carbocycles. The number of esters is 3. The topological polar surface area (TPSA) is 117 Å². The Kier molecular flexibility index (Phi) is 7.08. The van der Waals surface area contributed by atoms with Crippen LogP contribution in [0.5, 0.6) is 0 Å². The van der Waals surface area contributed by atoms with Gasteiger partial charge in [-0.05, 0) is 0 Å². The lowest BCUT2D eigenvalue weighted by Gasteiger charge is -2.42. The average molecular weight is 349 g/mol. The summed E-state index contributed by atoms with van der Waals surface area (Å²) in [6, 6.07) is -1.38. The van der Waals surface area contributed by atoms with Crippen molar-refractivity contribution >= 4 is 23.8 Å². The van der Waals surface area contributed by atoms with Gasteiger partial charge in [-0.2, -0.15) is 0 Å². The van der Waals surface area contributed by atoms with E-state index in [4.69, 9.17) is 18.9 Å². The molecule has 1 aliphatic heterocycles. The van der Waals surface area contributed by atoms with Gasteiger partial charge in [-0.15, -0.1) is 0 Å². The van der Waals surface area contributed by atoms with Crippen molar-refractivity contribution in [1.29, 1.82) is 0 Å². The summed E-state index contributed by atoms with van der Waals surface area (Å²) in [4.78, 5) is 44.6. The number of amides is 1. The van der Waals surface area contributed by atoms with Gasteiger partial charge in [0.2, 0.25) is 12.2 Å². The molecule has 9 nitrogen and oxygen atoms in total. The van der Waals surface area contributed by atoms with Crippen LogP contribution in [0.3, 0.4) is 0 Å². The lowest BCUT2D eigenvalue weighted by Crippen LogP contribution is -2.64. The van der Waals surface area contributed by atoms with Crippen molar-refractivity contribution in [2.24, 2.45) is 0 Å². The number of carbonyl (C=O) groups excluding carboxylic acids is 4. The molecular weight excluding hydrogens is 329 g/mol. The molecular formula is C14H20FNO8. The van der Waals surface area contributed by atoms with Crippen molar-refractivity contribution in [2.45, 2.75) is 58.4 Å². The van der Waals surface area contributed by atoms with Crippen molar-refractivity contribution in [3.63, 3.8) is 0 Å². The highest BCUT2D eigenvalue weighted by Crippen LogP contribution is 2.27. The number of nitrogens with one attached hydrogen (secondary N) is 1. The molecule has 1 rings (SSSR count). The molecule has 10 heteroatoms. The smallest absolute Gasteiger partial charge is 0.305 e. The number of alkyl halides is 1. The fraction of sp³-hybridized carbons (Fsp3) is 0.714. The van der Waals surface area contributed by atoms with Crippen LogP contribution in [-0.4, -0.2) is 61.1 Å². The second kappa shape index (κ2) is 8.57. The third-order valence-corrected chi connectivity index (χ3v) is 3.03. The number of hydrogen-bond acceptors (Lipinski definition) is 8. The number of carbonyl (C=O) groups is 4. The van der Waals surface area contributed by atoms with Crippen molar-refractivity contribution in [2.75, 3.05) is 6.61 Å². The van der Waals surface area contributed by atoms with Crippen LogP contribution in [0.4, 0.5) is 4.39 Å². The highest BCUT2D eigenvalue weighted by Gasteiger charge is 2.50. The van der Waals surface area contributed by atoms with E-state index in [1.165, 1.54) is 0 Å². The molecule has 0 radical (unpaired) electrons. The first-order valence-electron chi connectivity index (χ1n) is 7.16. The number of ether oxygens (including phenoxy) is 4.